The third kappa shape index (κ3) is 3.27. The minimum atomic E-state index is -0.542. The zero-order valence-corrected chi connectivity index (χ0v) is 13.5. The lowest BCUT2D eigenvalue weighted by molar-refractivity contribution is 0.451. The van der Waals surface area contributed by atoms with Crippen LogP contribution in [0, 0.1) is 5.82 Å². The minimum absolute atomic E-state index is 0.0338. The van der Waals surface area contributed by atoms with Gasteiger partial charge < -0.3 is 10.1 Å². The molecule has 1 saturated carbocycles. The molecule has 0 saturated heterocycles. The summed E-state index contributed by atoms with van der Waals surface area (Å²) in [6, 6.07) is 4.35. The third-order valence-corrected chi connectivity index (χ3v) is 4.02. The van der Waals surface area contributed by atoms with Gasteiger partial charge in [0, 0.05) is 25.1 Å². The number of hydrogen-bond acceptors (Lipinski definition) is 4. The molecule has 0 bridgehead atoms. The van der Waals surface area contributed by atoms with Crippen molar-refractivity contribution >= 4 is 33.3 Å². The molecule has 0 amide bonds. The maximum atomic E-state index is 13.5. The number of benzene rings is 1. The normalized spacial score (nSPS) is 14.1. The quantitative estimate of drug-likeness (QED) is 0.787. The highest BCUT2D eigenvalue weighted by atomic mass is 79.9. The lowest BCUT2D eigenvalue weighted by Crippen LogP contribution is -2.01. The molecule has 0 aliphatic heterocycles. The fourth-order valence-electron chi connectivity index (χ4n) is 1.84. The van der Waals surface area contributed by atoms with E-state index in [9.17, 15) is 4.39 Å². The van der Waals surface area contributed by atoms with Crippen molar-refractivity contribution in [2.75, 3.05) is 12.4 Å². The first-order valence-corrected chi connectivity index (χ1v) is 7.63. The molecule has 1 aliphatic carbocycles. The first kappa shape index (κ1) is 14.5. The summed E-state index contributed by atoms with van der Waals surface area (Å²) >= 11 is 9.01. The van der Waals surface area contributed by atoms with Gasteiger partial charge >= 0.3 is 0 Å². The summed E-state index contributed by atoms with van der Waals surface area (Å²) in [6.07, 6.45) is 2.18. The molecule has 1 aromatic carbocycles. The van der Waals surface area contributed by atoms with Crippen molar-refractivity contribution in [3.8, 4) is 11.6 Å². The van der Waals surface area contributed by atoms with Crippen molar-refractivity contribution in [2.45, 2.75) is 18.8 Å². The molecule has 1 aromatic heterocycles. The molecule has 4 nitrogen and oxygen atoms in total. The number of ether oxygens (including phenoxy) is 1. The lowest BCUT2D eigenvalue weighted by Gasteiger charge is -2.10. The standard InChI is InChI=1S/C14H12BrClFN3O/c1-18-12-6-13(20-14(19-12)7-2-3-7)21-11-5-10(17)9(16)4-8(11)15/h4-7H,2-3H2,1H3,(H,18,19,20). The summed E-state index contributed by atoms with van der Waals surface area (Å²) in [5.41, 5.74) is 0. The van der Waals surface area contributed by atoms with Crippen LogP contribution in [0.1, 0.15) is 24.6 Å². The van der Waals surface area contributed by atoms with E-state index in [-0.39, 0.29) is 5.02 Å². The number of hydrogen-bond donors (Lipinski definition) is 1. The van der Waals surface area contributed by atoms with Gasteiger partial charge in [0.25, 0.3) is 0 Å². The molecule has 1 fully saturated rings. The van der Waals surface area contributed by atoms with Crippen LogP contribution in [0.2, 0.25) is 5.02 Å². The SMILES string of the molecule is CNc1cc(Oc2cc(F)c(Cl)cc2Br)nc(C2CC2)n1. The Hall–Kier alpha value is -1.40. The Balaban J connectivity index is 1.94. The zero-order valence-electron chi connectivity index (χ0n) is 11.2. The Bertz CT molecular complexity index is 694. The number of anilines is 1. The van der Waals surface area contributed by atoms with Crippen molar-refractivity contribution in [3.05, 3.63) is 39.3 Å². The van der Waals surface area contributed by atoms with E-state index in [0.29, 0.717) is 27.8 Å². The number of rotatable bonds is 4. The molecule has 1 N–H and O–H groups in total. The first-order valence-electron chi connectivity index (χ1n) is 6.46. The van der Waals surface area contributed by atoms with Crippen molar-refractivity contribution in [3.63, 3.8) is 0 Å². The average Bonchev–Trinajstić information content (AvgIpc) is 3.29. The van der Waals surface area contributed by atoms with E-state index in [4.69, 9.17) is 16.3 Å². The van der Waals surface area contributed by atoms with Crippen LogP contribution in [-0.2, 0) is 0 Å². The second-order valence-electron chi connectivity index (χ2n) is 4.77. The summed E-state index contributed by atoms with van der Waals surface area (Å²) in [5.74, 6) is 1.97. The highest BCUT2D eigenvalue weighted by molar-refractivity contribution is 9.10. The molecule has 110 valence electrons. The van der Waals surface area contributed by atoms with Crippen LogP contribution in [0.25, 0.3) is 0 Å². The molecule has 3 rings (SSSR count). The summed E-state index contributed by atoms with van der Waals surface area (Å²) in [6.45, 7) is 0. The number of nitrogens with one attached hydrogen (secondary N) is 1. The van der Waals surface area contributed by atoms with E-state index in [1.807, 2.05) is 0 Å². The van der Waals surface area contributed by atoms with Gasteiger partial charge in [0.2, 0.25) is 5.88 Å². The largest absolute Gasteiger partial charge is 0.438 e. The molecule has 0 spiro atoms. The molecule has 1 aliphatic rings. The molecule has 7 heteroatoms. The Morgan fingerprint density at radius 1 is 1.33 bits per heavy atom. The molecular weight excluding hydrogens is 361 g/mol. The first-order chi connectivity index (χ1) is 10.1. The number of aromatic nitrogens is 2. The Morgan fingerprint density at radius 3 is 2.76 bits per heavy atom. The molecule has 0 unspecified atom stereocenters. The van der Waals surface area contributed by atoms with Crippen molar-refractivity contribution in [1.29, 1.82) is 0 Å². The maximum absolute atomic E-state index is 13.5. The molecule has 21 heavy (non-hydrogen) atoms. The van der Waals surface area contributed by atoms with Crippen LogP contribution < -0.4 is 10.1 Å². The molecule has 1 heterocycles. The number of halogens is 3. The zero-order chi connectivity index (χ0) is 15.0. The van der Waals surface area contributed by atoms with Crippen molar-refractivity contribution in [2.24, 2.45) is 0 Å². The van der Waals surface area contributed by atoms with Gasteiger partial charge in [-0.1, -0.05) is 11.6 Å². The fraction of sp³-hybridized carbons (Fsp3) is 0.286. The smallest absolute Gasteiger partial charge is 0.224 e. The van der Waals surface area contributed by atoms with Gasteiger partial charge in [0.05, 0.1) is 9.50 Å². The minimum Gasteiger partial charge on any atom is -0.438 e. The molecule has 2 aromatic rings. The maximum Gasteiger partial charge on any atom is 0.224 e. The van der Waals surface area contributed by atoms with Crippen molar-refractivity contribution < 1.29 is 9.13 Å². The third-order valence-electron chi connectivity index (χ3n) is 3.11. The van der Waals surface area contributed by atoms with E-state index < -0.39 is 5.82 Å². The van der Waals surface area contributed by atoms with Crippen molar-refractivity contribution in [1.82, 2.24) is 9.97 Å². The predicted octanol–water partition coefficient (Wildman–Crippen LogP) is 4.74. The topological polar surface area (TPSA) is 47.0 Å². The summed E-state index contributed by atoms with van der Waals surface area (Å²) in [7, 11) is 1.78. The highest BCUT2D eigenvalue weighted by Gasteiger charge is 2.27. The Kier molecular flexibility index (Phi) is 3.99. The van der Waals surface area contributed by atoms with Crippen LogP contribution in [0.5, 0.6) is 11.6 Å². The predicted molar refractivity (Wildman–Crippen MR) is 82.7 cm³/mol. The van der Waals surface area contributed by atoms with Gasteiger partial charge in [0.1, 0.15) is 23.2 Å². The summed E-state index contributed by atoms with van der Waals surface area (Å²) in [5, 5.41) is 3.01. The molecule has 0 atom stereocenters. The lowest BCUT2D eigenvalue weighted by atomic mass is 10.3. The average molecular weight is 373 g/mol. The van der Waals surface area contributed by atoms with Crippen LogP contribution in [-0.4, -0.2) is 17.0 Å². The van der Waals surface area contributed by atoms with E-state index in [1.54, 1.807) is 13.1 Å². The van der Waals surface area contributed by atoms with Crippen LogP contribution in [0.3, 0.4) is 0 Å². The molecular formula is C14H12BrClFN3O. The van der Waals surface area contributed by atoms with E-state index >= 15 is 0 Å². The summed E-state index contributed by atoms with van der Waals surface area (Å²) in [4.78, 5) is 8.78. The monoisotopic (exact) mass is 371 g/mol. The van der Waals surface area contributed by atoms with E-state index in [2.05, 4.69) is 31.2 Å². The second-order valence-corrected chi connectivity index (χ2v) is 6.03. The fourth-order valence-corrected chi connectivity index (χ4v) is 2.56. The van der Waals surface area contributed by atoms with Gasteiger partial charge in [-0.05, 0) is 34.8 Å². The Labute approximate surface area is 134 Å². The number of nitrogens with zero attached hydrogens (tertiary/aromatic N) is 2. The van der Waals surface area contributed by atoms with Gasteiger partial charge in [0.15, 0.2) is 0 Å². The van der Waals surface area contributed by atoms with Crippen LogP contribution in [0.4, 0.5) is 10.2 Å². The van der Waals surface area contributed by atoms with Gasteiger partial charge in [-0.2, -0.15) is 4.98 Å². The van der Waals surface area contributed by atoms with Gasteiger partial charge in [-0.25, -0.2) is 9.37 Å². The highest BCUT2D eigenvalue weighted by Crippen LogP contribution is 2.40. The second kappa shape index (κ2) is 5.77. The van der Waals surface area contributed by atoms with Crippen LogP contribution >= 0.6 is 27.5 Å². The summed E-state index contributed by atoms with van der Waals surface area (Å²) < 4.78 is 19.8. The van der Waals surface area contributed by atoms with E-state index in [1.165, 1.54) is 12.1 Å². The van der Waals surface area contributed by atoms with E-state index in [0.717, 1.165) is 18.7 Å². The van der Waals surface area contributed by atoms with Gasteiger partial charge in [-0.3, -0.25) is 0 Å². The van der Waals surface area contributed by atoms with Crippen LogP contribution in [0.15, 0.2) is 22.7 Å². The van der Waals surface area contributed by atoms with Gasteiger partial charge in [-0.15, -0.1) is 0 Å². The molecule has 0 radical (unpaired) electrons. The Morgan fingerprint density at radius 2 is 2.10 bits per heavy atom.